The molecule has 0 unspecified atom stereocenters. The quantitative estimate of drug-likeness (QED) is 0.488. The normalized spacial score (nSPS) is 11.9. The van der Waals surface area contributed by atoms with Crippen LogP contribution < -0.4 is 10.1 Å². The van der Waals surface area contributed by atoms with Crippen molar-refractivity contribution in [1.82, 2.24) is 5.32 Å². The van der Waals surface area contributed by atoms with Gasteiger partial charge in [0, 0.05) is 35.7 Å². The molecule has 0 aliphatic carbocycles. The Labute approximate surface area is 154 Å². The summed E-state index contributed by atoms with van der Waals surface area (Å²) < 4.78 is 10.6. The van der Waals surface area contributed by atoms with Crippen LogP contribution in [0.1, 0.15) is 17.2 Å². The zero-order valence-corrected chi connectivity index (χ0v) is 14.5. The number of nitro benzene ring substituents is 1. The van der Waals surface area contributed by atoms with Gasteiger partial charge in [-0.3, -0.25) is 14.9 Å². The third-order valence-electron chi connectivity index (χ3n) is 4.20. The molecule has 3 rings (SSSR count). The monoisotopic (exact) mass is 370 g/mol. The van der Waals surface area contributed by atoms with Gasteiger partial charge in [-0.25, -0.2) is 0 Å². The van der Waals surface area contributed by atoms with Crippen molar-refractivity contribution in [2.75, 3.05) is 13.7 Å². The number of hydrogen-bond donors (Lipinski definition) is 2. The summed E-state index contributed by atoms with van der Waals surface area (Å²) >= 11 is 0. The first-order valence-electron chi connectivity index (χ1n) is 8.21. The zero-order chi connectivity index (χ0) is 19.4. The van der Waals surface area contributed by atoms with Crippen LogP contribution in [-0.4, -0.2) is 29.6 Å². The molecule has 0 spiro atoms. The van der Waals surface area contributed by atoms with E-state index in [1.165, 1.54) is 30.5 Å². The molecule has 8 heteroatoms. The van der Waals surface area contributed by atoms with E-state index in [4.69, 9.17) is 9.15 Å². The van der Waals surface area contributed by atoms with Gasteiger partial charge < -0.3 is 19.6 Å². The maximum atomic E-state index is 12.2. The highest BCUT2D eigenvalue weighted by molar-refractivity contribution is 5.88. The SMILES string of the molecule is COc1ccc2c(CC(=O)NC[C@H](O)c3ccc([N+](=O)[O-])cc3)coc2c1. The first-order chi connectivity index (χ1) is 13.0. The number of hydrogen-bond acceptors (Lipinski definition) is 6. The number of nitro groups is 1. The molecule has 0 fully saturated rings. The summed E-state index contributed by atoms with van der Waals surface area (Å²) in [5, 5.41) is 24.3. The fourth-order valence-corrected chi connectivity index (χ4v) is 2.71. The predicted octanol–water partition coefficient (Wildman–Crippen LogP) is 2.74. The fourth-order valence-electron chi connectivity index (χ4n) is 2.71. The second kappa shape index (κ2) is 7.88. The molecule has 1 heterocycles. The number of nitrogens with one attached hydrogen (secondary N) is 1. The van der Waals surface area contributed by atoms with Crippen molar-refractivity contribution in [2.45, 2.75) is 12.5 Å². The Bertz CT molecular complexity index is 964. The van der Waals surface area contributed by atoms with Gasteiger partial charge in [0.05, 0.1) is 30.8 Å². The highest BCUT2D eigenvalue weighted by Gasteiger charge is 2.14. The Morgan fingerprint density at radius 3 is 2.70 bits per heavy atom. The maximum absolute atomic E-state index is 12.2. The Morgan fingerprint density at radius 1 is 1.30 bits per heavy atom. The number of aliphatic hydroxyl groups excluding tert-OH is 1. The molecule has 3 aromatic rings. The van der Waals surface area contributed by atoms with Gasteiger partial charge in [0.25, 0.3) is 5.69 Å². The number of methoxy groups -OCH3 is 1. The van der Waals surface area contributed by atoms with Crippen LogP contribution in [0.15, 0.2) is 53.1 Å². The summed E-state index contributed by atoms with van der Waals surface area (Å²) in [4.78, 5) is 22.3. The highest BCUT2D eigenvalue weighted by atomic mass is 16.6. The van der Waals surface area contributed by atoms with Crippen LogP contribution in [0.3, 0.4) is 0 Å². The Kier molecular flexibility index (Phi) is 5.37. The molecule has 0 saturated carbocycles. The lowest BCUT2D eigenvalue weighted by Gasteiger charge is -2.12. The number of benzene rings is 2. The second-order valence-electron chi connectivity index (χ2n) is 5.97. The minimum atomic E-state index is -0.958. The molecule has 140 valence electrons. The molecule has 1 amide bonds. The van der Waals surface area contributed by atoms with E-state index < -0.39 is 11.0 Å². The van der Waals surface area contributed by atoms with E-state index in [9.17, 15) is 20.0 Å². The molecule has 27 heavy (non-hydrogen) atoms. The van der Waals surface area contributed by atoms with Crippen molar-refractivity contribution in [1.29, 1.82) is 0 Å². The summed E-state index contributed by atoms with van der Waals surface area (Å²) in [7, 11) is 1.56. The largest absolute Gasteiger partial charge is 0.497 e. The summed E-state index contributed by atoms with van der Waals surface area (Å²) in [6.45, 7) is 0.000249. The molecule has 2 N–H and O–H groups in total. The summed E-state index contributed by atoms with van der Waals surface area (Å²) in [6, 6.07) is 10.9. The number of carbonyl (C=O) groups is 1. The molecular weight excluding hydrogens is 352 g/mol. The topological polar surface area (TPSA) is 115 Å². The summed E-state index contributed by atoms with van der Waals surface area (Å²) in [5.74, 6) is 0.397. The van der Waals surface area contributed by atoms with Gasteiger partial charge in [-0.2, -0.15) is 0 Å². The highest BCUT2D eigenvalue weighted by Crippen LogP contribution is 2.26. The van der Waals surface area contributed by atoms with Crippen molar-refractivity contribution in [3.8, 4) is 5.75 Å². The van der Waals surface area contributed by atoms with Gasteiger partial charge in [0.1, 0.15) is 11.3 Å². The van der Waals surface area contributed by atoms with Crippen molar-refractivity contribution in [2.24, 2.45) is 0 Å². The predicted molar refractivity (Wildman–Crippen MR) is 97.5 cm³/mol. The van der Waals surface area contributed by atoms with Gasteiger partial charge in [-0.05, 0) is 29.8 Å². The van der Waals surface area contributed by atoms with Crippen LogP contribution in [0.4, 0.5) is 5.69 Å². The number of nitrogens with zero attached hydrogens (tertiary/aromatic N) is 1. The Morgan fingerprint density at radius 2 is 2.04 bits per heavy atom. The minimum Gasteiger partial charge on any atom is -0.497 e. The van der Waals surface area contributed by atoms with E-state index in [1.54, 1.807) is 19.2 Å². The van der Waals surface area contributed by atoms with Gasteiger partial charge in [-0.15, -0.1) is 0 Å². The van der Waals surface area contributed by atoms with E-state index in [-0.39, 0.29) is 24.6 Å². The third-order valence-corrected chi connectivity index (χ3v) is 4.20. The van der Waals surface area contributed by atoms with Crippen LogP contribution >= 0.6 is 0 Å². The Balaban J connectivity index is 1.58. The lowest BCUT2D eigenvalue weighted by Crippen LogP contribution is -2.29. The third kappa shape index (κ3) is 4.24. The molecule has 0 aliphatic heterocycles. The van der Waals surface area contributed by atoms with Crippen molar-refractivity contribution >= 4 is 22.6 Å². The molecule has 0 aliphatic rings. The van der Waals surface area contributed by atoms with Crippen LogP contribution in [0.25, 0.3) is 11.0 Å². The van der Waals surface area contributed by atoms with E-state index in [2.05, 4.69) is 5.32 Å². The van der Waals surface area contributed by atoms with Crippen molar-refractivity contribution in [3.05, 3.63) is 70.0 Å². The first kappa shape index (κ1) is 18.4. The number of furan rings is 1. The van der Waals surface area contributed by atoms with Crippen molar-refractivity contribution < 1.29 is 24.0 Å². The number of rotatable bonds is 7. The molecule has 0 saturated heterocycles. The number of carbonyl (C=O) groups excluding carboxylic acids is 1. The summed E-state index contributed by atoms with van der Waals surface area (Å²) in [6.07, 6.45) is 0.669. The van der Waals surface area contributed by atoms with Crippen LogP contribution in [0, 0.1) is 10.1 Å². The lowest BCUT2D eigenvalue weighted by atomic mass is 10.1. The number of ether oxygens (including phenoxy) is 1. The second-order valence-corrected chi connectivity index (χ2v) is 5.97. The molecule has 2 aromatic carbocycles. The maximum Gasteiger partial charge on any atom is 0.269 e. The minimum absolute atomic E-state index is 0.000249. The number of non-ortho nitro benzene ring substituents is 1. The van der Waals surface area contributed by atoms with Crippen molar-refractivity contribution in [3.63, 3.8) is 0 Å². The van der Waals surface area contributed by atoms with Gasteiger partial charge in [-0.1, -0.05) is 0 Å². The smallest absolute Gasteiger partial charge is 0.269 e. The number of amides is 1. The summed E-state index contributed by atoms with van der Waals surface area (Å²) in [5.41, 5.74) is 1.79. The van der Waals surface area contributed by atoms with Crippen LogP contribution in [-0.2, 0) is 11.2 Å². The average molecular weight is 370 g/mol. The molecular formula is C19H18N2O6. The molecule has 8 nitrogen and oxygen atoms in total. The average Bonchev–Trinajstić information content (AvgIpc) is 3.08. The van der Waals surface area contributed by atoms with E-state index in [1.807, 2.05) is 6.07 Å². The zero-order valence-electron chi connectivity index (χ0n) is 14.5. The van der Waals surface area contributed by atoms with Gasteiger partial charge in [0.2, 0.25) is 5.91 Å². The van der Waals surface area contributed by atoms with Crippen LogP contribution in [0.5, 0.6) is 5.75 Å². The fraction of sp³-hybridized carbons (Fsp3) is 0.211. The van der Waals surface area contributed by atoms with Crippen LogP contribution in [0.2, 0.25) is 0 Å². The lowest BCUT2D eigenvalue weighted by molar-refractivity contribution is -0.384. The van der Waals surface area contributed by atoms with Gasteiger partial charge in [0.15, 0.2) is 0 Å². The van der Waals surface area contributed by atoms with E-state index in [0.717, 1.165) is 10.9 Å². The first-order valence-corrected chi connectivity index (χ1v) is 8.21. The molecule has 0 radical (unpaired) electrons. The molecule has 1 aromatic heterocycles. The molecule has 1 atom stereocenters. The van der Waals surface area contributed by atoms with E-state index in [0.29, 0.717) is 16.9 Å². The van der Waals surface area contributed by atoms with Gasteiger partial charge >= 0.3 is 0 Å². The Hall–Kier alpha value is -3.39. The number of aliphatic hydroxyl groups is 1. The molecule has 0 bridgehead atoms. The van der Waals surface area contributed by atoms with E-state index >= 15 is 0 Å². The number of fused-ring (bicyclic) bond motifs is 1. The standard InChI is InChI=1S/C19H18N2O6/c1-26-15-6-7-16-13(11-27-18(16)9-15)8-19(23)20-10-17(22)12-2-4-14(5-3-12)21(24)25/h2-7,9,11,17,22H,8,10H2,1H3,(H,20,23)/t17-/m0/s1.